The van der Waals surface area contributed by atoms with E-state index in [4.69, 9.17) is 26.1 Å². The van der Waals surface area contributed by atoms with Crippen LogP contribution in [0.2, 0.25) is 5.02 Å². The molecule has 0 radical (unpaired) electrons. The van der Waals surface area contributed by atoms with Crippen LogP contribution in [0.15, 0.2) is 65.6 Å². The van der Waals surface area contributed by atoms with Gasteiger partial charge in [-0.05, 0) is 60.7 Å². The van der Waals surface area contributed by atoms with Crippen molar-refractivity contribution in [2.24, 2.45) is 0 Å². The van der Waals surface area contributed by atoms with Crippen molar-refractivity contribution in [1.29, 1.82) is 0 Å². The number of carbonyl (C=O) groups excluding carboxylic acids is 1. The van der Waals surface area contributed by atoms with Gasteiger partial charge in [-0.25, -0.2) is 13.4 Å². The van der Waals surface area contributed by atoms with Gasteiger partial charge in [-0.3, -0.25) is 14.4 Å². The maximum atomic E-state index is 12.6. The van der Waals surface area contributed by atoms with Gasteiger partial charge in [-0.15, -0.1) is 12.4 Å². The Morgan fingerprint density at radius 3 is 2.31 bits per heavy atom. The molecular weight excluding hydrogens is 621 g/mol. The van der Waals surface area contributed by atoms with Crippen molar-refractivity contribution < 1.29 is 22.7 Å². The average molecular weight is 653 g/mol. The molecule has 5 rings (SSSR count). The monoisotopic (exact) mass is 651 g/mol. The van der Waals surface area contributed by atoms with Crippen LogP contribution in [0.25, 0.3) is 10.2 Å². The van der Waals surface area contributed by atoms with E-state index in [1.807, 2.05) is 12.1 Å². The SMILES string of the molecule is COc1ccc(S(=O)(=O)Nc2ccc(C(=O)NCCN3CCN(c4nc5c(OC)c(Cl)ccc5s4)CC3)cc2)cc1.Cl. The highest BCUT2D eigenvalue weighted by Gasteiger charge is 2.21. The molecule has 4 aromatic rings. The Bertz CT molecular complexity index is 1630. The first-order valence-corrected chi connectivity index (χ1v) is 15.6. The van der Waals surface area contributed by atoms with E-state index in [1.165, 1.54) is 19.2 Å². The van der Waals surface area contributed by atoms with Gasteiger partial charge in [-0.1, -0.05) is 22.9 Å². The number of hydrogen-bond donors (Lipinski definition) is 2. The summed E-state index contributed by atoms with van der Waals surface area (Å²) in [7, 11) is -0.647. The number of thiazole rings is 1. The number of carbonyl (C=O) groups is 1. The number of halogens is 2. The molecule has 2 N–H and O–H groups in total. The normalized spacial score (nSPS) is 13.8. The third-order valence-electron chi connectivity index (χ3n) is 6.78. The van der Waals surface area contributed by atoms with E-state index in [9.17, 15) is 13.2 Å². The van der Waals surface area contributed by atoms with Crippen LogP contribution in [-0.4, -0.2) is 77.7 Å². The summed E-state index contributed by atoms with van der Waals surface area (Å²) in [6, 6.07) is 16.2. The number of fused-ring (bicyclic) bond motifs is 1. The van der Waals surface area contributed by atoms with Crippen molar-refractivity contribution in [3.63, 3.8) is 0 Å². The molecule has 1 amide bonds. The van der Waals surface area contributed by atoms with Crippen molar-refractivity contribution in [3.05, 3.63) is 71.2 Å². The fourth-order valence-corrected chi connectivity index (χ4v) is 6.82. The molecule has 1 saturated heterocycles. The fraction of sp³-hybridized carbons (Fsp3) is 0.286. The lowest BCUT2D eigenvalue weighted by Gasteiger charge is -2.34. The zero-order chi connectivity index (χ0) is 29.0. The van der Waals surface area contributed by atoms with Crippen LogP contribution in [0.4, 0.5) is 10.8 Å². The van der Waals surface area contributed by atoms with Crippen LogP contribution in [0, 0.1) is 0 Å². The molecule has 224 valence electrons. The van der Waals surface area contributed by atoms with Crippen molar-refractivity contribution in [3.8, 4) is 11.5 Å². The Hall–Kier alpha value is -3.29. The summed E-state index contributed by atoms with van der Waals surface area (Å²) in [4.78, 5) is 22.1. The first-order chi connectivity index (χ1) is 19.8. The van der Waals surface area contributed by atoms with Crippen molar-refractivity contribution in [2.75, 3.05) is 63.1 Å². The number of hydrogen-bond acceptors (Lipinski definition) is 9. The minimum absolute atomic E-state index is 0. The molecule has 1 fully saturated rings. The van der Waals surface area contributed by atoms with Gasteiger partial charge in [0.2, 0.25) is 0 Å². The quantitative estimate of drug-likeness (QED) is 0.253. The van der Waals surface area contributed by atoms with Gasteiger partial charge in [0.25, 0.3) is 15.9 Å². The number of sulfonamides is 1. The average Bonchev–Trinajstić information content (AvgIpc) is 3.42. The van der Waals surface area contributed by atoms with Gasteiger partial charge < -0.3 is 19.7 Å². The van der Waals surface area contributed by atoms with Gasteiger partial charge >= 0.3 is 0 Å². The molecule has 0 spiro atoms. The second-order valence-electron chi connectivity index (χ2n) is 9.37. The predicted molar refractivity (Wildman–Crippen MR) is 170 cm³/mol. The lowest BCUT2D eigenvalue weighted by molar-refractivity contribution is 0.0948. The first-order valence-electron chi connectivity index (χ1n) is 12.9. The summed E-state index contributed by atoms with van der Waals surface area (Å²) in [6.45, 7) is 4.60. The number of ether oxygens (including phenoxy) is 2. The van der Waals surface area contributed by atoms with Crippen LogP contribution in [0.5, 0.6) is 11.5 Å². The van der Waals surface area contributed by atoms with E-state index in [1.54, 1.807) is 54.8 Å². The molecule has 42 heavy (non-hydrogen) atoms. The van der Waals surface area contributed by atoms with E-state index in [0.29, 0.717) is 34.3 Å². The third-order valence-corrected chi connectivity index (χ3v) is 9.56. The largest absolute Gasteiger partial charge is 0.497 e. The predicted octanol–water partition coefficient (Wildman–Crippen LogP) is 4.74. The topological polar surface area (TPSA) is 113 Å². The lowest BCUT2D eigenvalue weighted by Crippen LogP contribution is -2.48. The Balaban J connectivity index is 0.00000405. The number of piperazine rings is 1. The highest BCUT2D eigenvalue weighted by atomic mass is 35.5. The molecule has 1 aliphatic heterocycles. The van der Waals surface area contributed by atoms with E-state index >= 15 is 0 Å². The minimum atomic E-state index is -3.76. The maximum Gasteiger partial charge on any atom is 0.261 e. The van der Waals surface area contributed by atoms with Gasteiger partial charge in [-0.2, -0.15) is 0 Å². The van der Waals surface area contributed by atoms with Crippen molar-refractivity contribution in [2.45, 2.75) is 4.90 Å². The van der Waals surface area contributed by atoms with E-state index in [2.05, 4.69) is 19.8 Å². The molecule has 0 aliphatic carbocycles. The number of nitrogens with zero attached hydrogens (tertiary/aromatic N) is 3. The Labute approximate surface area is 260 Å². The summed E-state index contributed by atoms with van der Waals surface area (Å²) in [5, 5.41) is 4.45. The van der Waals surface area contributed by atoms with Crippen molar-refractivity contribution >= 4 is 72.3 Å². The smallest absolute Gasteiger partial charge is 0.261 e. The zero-order valence-corrected chi connectivity index (χ0v) is 26.2. The summed E-state index contributed by atoms with van der Waals surface area (Å²) in [5.41, 5.74) is 1.60. The highest BCUT2D eigenvalue weighted by Crippen LogP contribution is 2.38. The Morgan fingerprint density at radius 2 is 1.67 bits per heavy atom. The van der Waals surface area contributed by atoms with Crippen LogP contribution < -0.4 is 24.4 Å². The van der Waals surface area contributed by atoms with Crippen LogP contribution in [0.1, 0.15) is 10.4 Å². The van der Waals surface area contributed by atoms with Crippen LogP contribution in [0.3, 0.4) is 0 Å². The molecule has 1 aliphatic rings. The first kappa shape index (κ1) is 31.6. The van der Waals surface area contributed by atoms with Gasteiger partial charge in [0, 0.05) is 50.5 Å². The molecular formula is C28H31Cl2N5O5S2. The van der Waals surface area contributed by atoms with E-state index < -0.39 is 10.0 Å². The number of anilines is 2. The minimum Gasteiger partial charge on any atom is -0.497 e. The number of methoxy groups -OCH3 is 2. The zero-order valence-electron chi connectivity index (χ0n) is 23.0. The molecule has 2 heterocycles. The number of rotatable bonds is 10. The third kappa shape index (κ3) is 7.19. The summed E-state index contributed by atoms with van der Waals surface area (Å²) in [6.07, 6.45) is 0. The summed E-state index contributed by atoms with van der Waals surface area (Å²) in [5.74, 6) is 0.958. The summed E-state index contributed by atoms with van der Waals surface area (Å²) < 4.78 is 39.4. The van der Waals surface area contributed by atoms with Gasteiger partial charge in [0.05, 0.1) is 28.8 Å². The lowest BCUT2D eigenvalue weighted by atomic mass is 10.2. The summed E-state index contributed by atoms with van der Waals surface area (Å²) >= 11 is 7.87. The second kappa shape index (κ2) is 13.8. The molecule has 0 unspecified atom stereocenters. The van der Waals surface area contributed by atoms with E-state index in [0.717, 1.165) is 48.1 Å². The Kier molecular flexibility index (Phi) is 10.4. The number of benzene rings is 3. The number of amides is 1. The highest BCUT2D eigenvalue weighted by molar-refractivity contribution is 7.92. The Morgan fingerprint density at radius 1 is 0.976 bits per heavy atom. The van der Waals surface area contributed by atoms with Crippen LogP contribution >= 0.6 is 35.3 Å². The molecule has 3 aromatic carbocycles. The number of aromatic nitrogens is 1. The van der Waals surface area contributed by atoms with E-state index in [-0.39, 0.29) is 23.2 Å². The molecule has 0 bridgehead atoms. The number of nitrogens with one attached hydrogen (secondary N) is 2. The molecule has 0 saturated carbocycles. The van der Waals surface area contributed by atoms with Gasteiger partial charge in [0.1, 0.15) is 11.3 Å². The van der Waals surface area contributed by atoms with Gasteiger partial charge in [0.15, 0.2) is 10.9 Å². The van der Waals surface area contributed by atoms with Crippen LogP contribution in [-0.2, 0) is 10.0 Å². The second-order valence-corrected chi connectivity index (χ2v) is 12.5. The molecule has 14 heteroatoms. The standard InChI is InChI=1S/C28H30ClN5O5S2.ClH/c1-38-21-7-9-22(10-8-21)41(36,37)32-20-5-3-19(4-6-20)27(35)30-13-14-33-15-17-34(18-16-33)28-31-25-24(40-28)12-11-23(29)26(25)39-2;/h3-12,32H,13-18H2,1-2H3,(H,30,35);1H. The molecule has 0 atom stereocenters. The van der Waals surface area contributed by atoms with Crippen molar-refractivity contribution in [1.82, 2.24) is 15.2 Å². The fourth-order valence-electron chi connectivity index (χ4n) is 4.51. The molecule has 1 aromatic heterocycles. The molecule has 10 nitrogen and oxygen atoms in total. The maximum absolute atomic E-state index is 12.6.